The van der Waals surface area contributed by atoms with Gasteiger partial charge in [-0.15, -0.1) is 0 Å². The van der Waals surface area contributed by atoms with Gasteiger partial charge >= 0.3 is 0 Å². The Morgan fingerprint density at radius 1 is 1.28 bits per heavy atom. The van der Waals surface area contributed by atoms with Crippen molar-refractivity contribution in [1.29, 1.82) is 0 Å². The predicted octanol–water partition coefficient (Wildman–Crippen LogP) is 2.58. The SMILES string of the molecule is O=Cc1ccc2nc(-c3ncccc3F)[nH]c2c1. The van der Waals surface area contributed by atoms with Crippen LogP contribution in [0.25, 0.3) is 22.6 Å². The fraction of sp³-hybridized carbons (Fsp3) is 0. The number of H-pyrrole nitrogens is 1. The number of nitrogens with zero attached hydrogens (tertiary/aromatic N) is 2. The lowest BCUT2D eigenvalue weighted by Crippen LogP contribution is -1.89. The third kappa shape index (κ3) is 1.66. The van der Waals surface area contributed by atoms with Gasteiger partial charge in [-0.1, -0.05) is 0 Å². The molecule has 18 heavy (non-hydrogen) atoms. The van der Waals surface area contributed by atoms with Gasteiger partial charge in [-0.2, -0.15) is 0 Å². The van der Waals surface area contributed by atoms with Gasteiger partial charge in [-0.05, 0) is 30.3 Å². The first-order valence-electron chi connectivity index (χ1n) is 5.34. The van der Waals surface area contributed by atoms with E-state index < -0.39 is 5.82 Å². The van der Waals surface area contributed by atoms with Crippen molar-refractivity contribution >= 4 is 17.3 Å². The lowest BCUT2D eigenvalue weighted by molar-refractivity contribution is 0.112. The van der Waals surface area contributed by atoms with Gasteiger partial charge in [0.05, 0.1) is 11.0 Å². The van der Waals surface area contributed by atoms with Crippen LogP contribution < -0.4 is 0 Å². The minimum atomic E-state index is -0.438. The van der Waals surface area contributed by atoms with Crippen LogP contribution in [0.4, 0.5) is 4.39 Å². The number of hydrogen-bond acceptors (Lipinski definition) is 3. The molecule has 4 nitrogen and oxygen atoms in total. The van der Waals surface area contributed by atoms with E-state index in [1.807, 2.05) is 0 Å². The maximum absolute atomic E-state index is 13.6. The molecule has 0 saturated carbocycles. The highest BCUT2D eigenvalue weighted by Gasteiger charge is 2.10. The Bertz CT molecular complexity index is 736. The van der Waals surface area contributed by atoms with Crippen LogP contribution in [0, 0.1) is 5.82 Å². The second kappa shape index (κ2) is 4.03. The summed E-state index contributed by atoms with van der Waals surface area (Å²) in [7, 11) is 0. The molecule has 88 valence electrons. The van der Waals surface area contributed by atoms with E-state index in [0.29, 0.717) is 22.4 Å². The number of fused-ring (bicyclic) bond motifs is 1. The van der Waals surface area contributed by atoms with E-state index >= 15 is 0 Å². The average Bonchev–Trinajstić information content (AvgIpc) is 2.81. The fourth-order valence-electron chi connectivity index (χ4n) is 1.77. The predicted molar refractivity (Wildman–Crippen MR) is 64.7 cm³/mol. The topological polar surface area (TPSA) is 58.6 Å². The summed E-state index contributed by atoms with van der Waals surface area (Å²) in [6.45, 7) is 0. The molecule has 0 bridgehead atoms. The number of pyridine rings is 1. The number of imidazole rings is 1. The van der Waals surface area contributed by atoms with Crippen LogP contribution in [-0.2, 0) is 0 Å². The van der Waals surface area contributed by atoms with Crippen molar-refractivity contribution < 1.29 is 9.18 Å². The highest BCUT2D eigenvalue weighted by molar-refractivity contribution is 5.86. The van der Waals surface area contributed by atoms with Crippen LogP contribution >= 0.6 is 0 Å². The maximum atomic E-state index is 13.6. The molecule has 0 radical (unpaired) electrons. The largest absolute Gasteiger partial charge is 0.337 e. The van der Waals surface area contributed by atoms with E-state index in [4.69, 9.17) is 0 Å². The lowest BCUT2D eigenvalue weighted by atomic mass is 10.2. The number of carbonyl (C=O) groups excluding carboxylic acids is 1. The van der Waals surface area contributed by atoms with E-state index in [0.717, 1.165) is 6.29 Å². The van der Waals surface area contributed by atoms with Gasteiger partial charge < -0.3 is 4.98 Å². The van der Waals surface area contributed by atoms with E-state index in [-0.39, 0.29) is 5.69 Å². The van der Waals surface area contributed by atoms with E-state index in [1.165, 1.54) is 18.3 Å². The van der Waals surface area contributed by atoms with Gasteiger partial charge in [0.1, 0.15) is 12.0 Å². The van der Waals surface area contributed by atoms with Gasteiger partial charge in [0, 0.05) is 11.8 Å². The zero-order valence-electron chi connectivity index (χ0n) is 9.22. The van der Waals surface area contributed by atoms with Crippen molar-refractivity contribution in [2.75, 3.05) is 0 Å². The number of benzene rings is 1. The maximum Gasteiger partial charge on any atom is 0.160 e. The second-order valence-corrected chi connectivity index (χ2v) is 3.81. The Balaban J connectivity index is 2.19. The molecule has 0 unspecified atom stereocenters. The quantitative estimate of drug-likeness (QED) is 0.701. The highest BCUT2D eigenvalue weighted by Crippen LogP contribution is 2.21. The van der Waals surface area contributed by atoms with Crippen molar-refractivity contribution in [3.05, 3.63) is 47.9 Å². The number of aromatic amines is 1. The van der Waals surface area contributed by atoms with Gasteiger partial charge in [0.25, 0.3) is 0 Å². The Morgan fingerprint density at radius 3 is 2.94 bits per heavy atom. The Morgan fingerprint density at radius 2 is 2.17 bits per heavy atom. The standard InChI is InChI=1S/C13H8FN3O/c14-9-2-1-5-15-12(9)13-16-10-4-3-8(7-18)6-11(10)17-13/h1-7H,(H,16,17). The molecule has 5 heteroatoms. The summed E-state index contributed by atoms with van der Waals surface area (Å²) in [6.07, 6.45) is 2.25. The van der Waals surface area contributed by atoms with Crippen LogP contribution in [0.1, 0.15) is 10.4 Å². The Labute approximate surface area is 102 Å². The lowest BCUT2D eigenvalue weighted by Gasteiger charge is -1.95. The summed E-state index contributed by atoms with van der Waals surface area (Å²) in [5.74, 6) is -0.0849. The van der Waals surface area contributed by atoms with Crippen molar-refractivity contribution in [2.45, 2.75) is 0 Å². The zero-order valence-corrected chi connectivity index (χ0v) is 9.22. The van der Waals surface area contributed by atoms with Crippen molar-refractivity contribution in [1.82, 2.24) is 15.0 Å². The van der Waals surface area contributed by atoms with E-state index in [9.17, 15) is 9.18 Å². The first-order chi connectivity index (χ1) is 8.78. The summed E-state index contributed by atoms with van der Waals surface area (Å²) in [5, 5.41) is 0. The second-order valence-electron chi connectivity index (χ2n) is 3.81. The molecule has 0 atom stereocenters. The minimum Gasteiger partial charge on any atom is -0.337 e. The molecule has 2 heterocycles. The highest BCUT2D eigenvalue weighted by atomic mass is 19.1. The molecule has 0 aliphatic heterocycles. The molecular formula is C13H8FN3O. The molecule has 3 aromatic rings. The first-order valence-corrected chi connectivity index (χ1v) is 5.34. The molecule has 3 rings (SSSR count). The smallest absolute Gasteiger partial charge is 0.160 e. The molecule has 0 spiro atoms. The molecule has 0 fully saturated rings. The Hall–Kier alpha value is -2.56. The van der Waals surface area contributed by atoms with E-state index in [1.54, 1.807) is 18.2 Å². The van der Waals surface area contributed by atoms with Crippen LogP contribution in [0.2, 0.25) is 0 Å². The number of aromatic nitrogens is 3. The van der Waals surface area contributed by atoms with Crippen molar-refractivity contribution in [3.63, 3.8) is 0 Å². The molecule has 1 aromatic carbocycles. The molecule has 0 amide bonds. The number of carbonyl (C=O) groups is 1. The van der Waals surface area contributed by atoms with Gasteiger partial charge in [0.15, 0.2) is 11.6 Å². The molecule has 1 N–H and O–H groups in total. The fourth-order valence-corrected chi connectivity index (χ4v) is 1.77. The van der Waals surface area contributed by atoms with Gasteiger partial charge in [-0.25, -0.2) is 14.4 Å². The average molecular weight is 241 g/mol. The monoisotopic (exact) mass is 241 g/mol. The van der Waals surface area contributed by atoms with Crippen LogP contribution in [0.3, 0.4) is 0 Å². The van der Waals surface area contributed by atoms with Crippen molar-refractivity contribution in [2.24, 2.45) is 0 Å². The molecular weight excluding hydrogens is 233 g/mol. The third-order valence-corrected chi connectivity index (χ3v) is 2.62. The number of aldehydes is 1. The van der Waals surface area contributed by atoms with Gasteiger partial charge in [-0.3, -0.25) is 4.79 Å². The summed E-state index contributed by atoms with van der Waals surface area (Å²) in [5.41, 5.74) is 2.06. The number of nitrogens with one attached hydrogen (secondary N) is 1. The number of hydrogen-bond donors (Lipinski definition) is 1. The summed E-state index contributed by atoms with van der Waals surface area (Å²) >= 11 is 0. The van der Waals surface area contributed by atoms with Crippen molar-refractivity contribution in [3.8, 4) is 11.5 Å². The zero-order chi connectivity index (χ0) is 12.5. The first kappa shape index (κ1) is 10.6. The molecule has 2 aromatic heterocycles. The minimum absolute atomic E-state index is 0.168. The van der Waals surface area contributed by atoms with Gasteiger partial charge in [0.2, 0.25) is 0 Å². The Kier molecular flexibility index (Phi) is 2.37. The summed E-state index contributed by atoms with van der Waals surface area (Å²) in [6, 6.07) is 7.88. The van der Waals surface area contributed by atoms with Crippen LogP contribution in [-0.4, -0.2) is 21.2 Å². The van der Waals surface area contributed by atoms with Crippen LogP contribution in [0.5, 0.6) is 0 Å². The molecule has 0 aliphatic rings. The summed E-state index contributed by atoms with van der Waals surface area (Å²) < 4.78 is 13.6. The van der Waals surface area contributed by atoms with Crippen LogP contribution in [0.15, 0.2) is 36.5 Å². The number of rotatable bonds is 2. The third-order valence-electron chi connectivity index (χ3n) is 2.62. The number of halogens is 1. The van der Waals surface area contributed by atoms with E-state index in [2.05, 4.69) is 15.0 Å². The summed E-state index contributed by atoms with van der Waals surface area (Å²) in [4.78, 5) is 21.8. The normalized spacial score (nSPS) is 10.7. The molecule has 0 aliphatic carbocycles. The molecule has 0 saturated heterocycles.